The molecular formula is C13H14FN3O. The van der Waals surface area contributed by atoms with E-state index in [2.05, 4.69) is 10.3 Å². The molecule has 4 nitrogen and oxygen atoms in total. The van der Waals surface area contributed by atoms with Crippen LogP contribution in [0.3, 0.4) is 0 Å². The van der Waals surface area contributed by atoms with Crippen molar-refractivity contribution in [3.63, 3.8) is 0 Å². The Balaban J connectivity index is 2.26. The van der Waals surface area contributed by atoms with Crippen molar-refractivity contribution in [2.75, 3.05) is 26.0 Å². The maximum Gasteiger partial charge on any atom is 0.241 e. The zero-order valence-corrected chi connectivity index (χ0v) is 10.3. The van der Waals surface area contributed by atoms with Crippen molar-refractivity contribution in [3.05, 3.63) is 36.3 Å². The number of anilines is 1. The standard InChI is InChI=1S/C13H14FN3O/c1-17(2)13(18)8-16-11-5-6-15-12-7-9(14)3-4-10(11)12/h3-7H,8H2,1-2H3,(H,15,16). The van der Waals surface area contributed by atoms with Gasteiger partial charge >= 0.3 is 0 Å². The summed E-state index contributed by atoms with van der Waals surface area (Å²) in [6.45, 7) is 0.198. The van der Waals surface area contributed by atoms with Gasteiger partial charge in [0.15, 0.2) is 0 Å². The average Bonchev–Trinajstić information content (AvgIpc) is 2.35. The average molecular weight is 247 g/mol. The van der Waals surface area contributed by atoms with Crippen LogP contribution in [0.25, 0.3) is 10.9 Å². The summed E-state index contributed by atoms with van der Waals surface area (Å²) >= 11 is 0. The summed E-state index contributed by atoms with van der Waals surface area (Å²) in [5, 5.41) is 3.83. The van der Waals surface area contributed by atoms with Crippen molar-refractivity contribution in [3.8, 4) is 0 Å². The second kappa shape index (κ2) is 5.00. The number of aromatic nitrogens is 1. The molecule has 1 aromatic carbocycles. The molecule has 1 heterocycles. The summed E-state index contributed by atoms with van der Waals surface area (Å²) in [7, 11) is 3.40. The molecule has 18 heavy (non-hydrogen) atoms. The molecule has 0 radical (unpaired) electrons. The molecule has 0 bridgehead atoms. The lowest BCUT2D eigenvalue weighted by Crippen LogP contribution is -2.28. The molecule has 0 spiro atoms. The van der Waals surface area contributed by atoms with Crippen LogP contribution in [0.2, 0.25) is 0 Å². The molecule has 0 saturated carbocycles. The van der Waals surface area contributed by atoms with Crippen molar-refractivity contribution in [1.29, 1.82) is 0 Å². The lowest BCUT2D eigenvalue weighted by molar-refractivity contribution is -0.126. The minimum absolute atomic E-state index is 0.0259. The van der Waals surface area contributed by atoms with Crippen LogP contribution in [0.15, 0.2) is 30.5 Å². The Hall–Kier alpha value is -2.17. The predicted octanol–water partition coefficient (Wildman–Crippen LogP) is 1.87. The summed E-state index contributed by atoms with van der Waals surface area (Å²) in [4.78, 5) is 17.1. The Bertz CT molecular complexity index is 583. The highest BCUT2D eigenvalue weighted by Gasteiger charge is 2.06. The number of carbonyl (C=O) groups excluding carboxylic acids is 1. The molecule has 1 aromatic heterocycles. The van der Waals surface area contributed by atoms with Crippen LogP contribution in [0.4, 0.5) is 10.1 Å². The van der Waals surface area contributed by atoms with Crippen LogP contribution in [0.1, 0.15) is 0 Å². The Kier molecular flexibility index (Phi) is 3.41. The first kappa shape index (κ1) is 12.3. The van der Waals surface area contributed by atoms with Crippen LogP contribution in [-0.2, 0) is 4.79 Å². The highest BCUT2D eigenvalue weighted by molar-refractivity contribution is 5.92. The first-order valence-corrected chi connectivity index (χ1v) is 5.56. The van der Waals surface area contributed by atoms with E-state index >= 15 is 0 Å². The molecular weight excluding hydrogens is 233 g/mol. The Morgan fingerprint density at radius 3 is 2.89 bits per heavy atom. The lowest BCUT2D eigenvalue weighted by Gasteiger charge is -2.13. The molecule has 94 valence electrons. The summed E-state index contributed by atoms with van der Waals surface area (Å²) in [6, 6.07) is 6.17. The number of benzene rings is 1. The predicted molar refractivity (Wildman–Crippen MR) is 68.9 cm³/mol. The van der Waals surface area contributed by atoms with E-state index in [9.17, 15) is 9.18 Å². The van der Waals surface area contributed by atoms with Gasteiger partial charge in [0.25, 0.3) is 0 Å². The first-order valence-electron chi connectivity index (χ1n) is 5.56. The van der Waals surface area contributed by atoms with Crippen LogP contribution in [-0.4, -0.2) is 36.4 Å². The fourth-order valence-electron chi connectivity index (χ4n) is 1.60. The quantitative estimate of drug-likeness (QED) is 0.900. The van der Waals surface area contributed by atoms with Crippen LogP contribution in [0, 0.1) is 5.82 Å². The van der Waals surface area contributed by atoms with Crippen molar-refractivity contribution in [2.45, 2.75) is 0 Å². The van der Waals surface area contributed by atoms with Crippen molar-refractivity contribution in [1.82, 2.24) is 9.88 Å². The van der Waals surface area contributed by atoms with Crippen LogP contribution >= 0.6 is 0 Å². The molecule has 0 saturated heterocycles. The van der Waals surface area contributed by atoms with Crippen LogP contribution in [0.5, 0.6) is 0 Å². The molecule has 1 N–H and O–H groups in total. The number of amides is 1. The Labute approximate surface area is 104 Å². The monoisotopic (exact) mass is 247 g/mol. The van der Waals surface area contributed by atoms with Gasteiger partial charge in [0.05, 0.1) is 12.1 Å². The van der Waals surface area contributed by atoms with E-state index in [4.69, 9.17) is 0 Å². The van der Waals surface area contributed by atoms with Gasteiger partial charge in [-0.1, -0.05) is 0 Å². The molecule has 0 fully saturated rings. The summed E-state index contributed by atoms with van der Waals surface area (Å²) in [5.74, 6) is -0.349. The zero-order valence-electron chi connectivity index (χ0n) is 10.3. The highest BCUT2D eigenvalue weighted by atomic mass is 19.1. The number of nitrogens with one attached hydrogen (secondary N) is 1. The van der Waals surface area contributed by atoms with Crippen LogP contribution < -0.4 is 5.32 Å². The molecule has 0 unspecified atom stereocenters. The van der Waals surface area contributed by atoms with Crippen molar-refractivity contribution in [2.24, 2.45) is 0 Å². The van der Waals surface area contributed by atoms with E-state index in [1.54, 1.807) is 32.4 Å². The van der Waals surface area contributed by atoms with Gasteiger partial charge in [-0.05, 0) is 18.2 Å². The van der Waals surface area contributed by atoms with Gasteiger partial charge in [0, 0.05) is 37.4 Å². The van der Waals surface area contributed by atoms with E-state index in [1.807, 2.05) is 0 Å². The third-order valence-electron chi connectivity index (χ3n) is 2.63. The number of rotatable bonds is 3. The first-order chi connectivity index (χ1) is 8.58. The van der Waals surface area contributed by atoms with Gasteiger partial charge in [-0.3, -0.25) is 9.78 Å². The topological polar surface area (TPSA) is 45.2 Å². The van der Waals surface area contributed by atoms with Gasteiger partial charge in [0.1, 0.15) is 5.82 Å². The van der Waals surface area contributed by atoms with E-state index in [0.717, 1.165) is 11.1 Å². The Morgan fingerprint density at radius 1 is 1.39 bits per heavy atom. The molecule has 2 rings (SSSR count). The number of carbonyl (C=O) groups is 1. The van der Waals surface area contributed by atoms with Gasteiger partial charge in [-0.15, -0.1) is 0 Å². The minimum atomic E-state index is -0.323. The molecule has 5 heteroatoms. The van der Waals surface area contributed by atoms with E-state index in [0.29, 0.717) is 5.52 Å². The normalized spacial score (nSPS) is 10.4. The van der Waals surface area contributed by atoms with Gasteiger partial charge in [0.2, 0.25) is 5.91 Å². The van der Waals surface area contributed by atoms with Gasteiger partial charge < -0.3 is 10.2 Å². The second-order valence-corrected chi connectivity index (χ2v) is 4.16. The van der Waals surface area contributed by atoms with E-state index in [-0.39, 0.29) is 18.3 Å². The van der Waals surface area contributed by atoms with E-state index < -0.39 is 0 Å². The number of likely N-dealkylation sites (N-methyl/N-ethyl adjacent to an activating group) is 1. The smallest absolute Gasteiger partial charge is 0.241 e. The number of fused-ring (bicyclic) bond motifs is 1. The largest absolute Gasteiger partial charge is 0.376 e. The van der Waals surface area contributed by atoms with Crippen molar-refractivity contribution < 1.29 is 9.18 Å². The third kappa shape index (κ3) is 2.56. The Morgan fingerprint density at radius 2 is 2.17 bits per heavy atom. The highest BCUT2D eigenvalue weighted by Crippen LogP contribution is 2.21. The molecule has 0 atom stereocenters. The molecule has 2 aromatic rings. The van der Waals surface area contributed by atoms with Gasteiger partial charge in [-0.25, -0.2) is 4.39 Å². The fourth-order valence-corrected chi connectivity index (χ4v) is 1.60. The number of hydrogen-bond acceptors (Lipinski definition) is 3. The van der Waals surface area contributed by atoms with E-state index in [1.165, 1.54) is 17.0 Å². The summed E-state index contributed by atoms with van der Waals surface area (Å²) in [6.07, 6.45) is 1.59. The number of halogens is 1. The SMILES string of the molecule is CN(C)C(=O)CNc1ccnc2cc(F)ccc12. The summed E-state index contributed by atoms with van der Waals surface area (Å²) < 4.78 is 13.1. The maximum atomic E-state index is 13.1. The zero-order chi connectivity index (χ0) is 13.1. The molecule has 0 aliphatic rings. The van der Waals surface area contributed by atoms with Crippen molar-refractivity contribution >= 4 is 22.5 Å². The minimum Gasteiger partial charge on any atom is -0.376 e. The number of nitrogens with zero attached hydrogens (tertiary/aromatic N) is 2. The molecule has 0 aliphatic heterocycles. The lowest BCUT2D eigenvalue weighted by atomic mass is 10.2. The molecule has 0 aliphatic carbocycles. The second-order valence-electron chi connectivity index (χ2n) is 4.16. The van der Waals surface area contributed by atoms with Gasteiger partial charge in [-0.2, -0.15) is 0 Å². The fraction of sp³-hybridized carbons (Fsp3) is 0.231. The third-order valence-corrected chi connectivity index (χ3v) is 2.63. The number of pyridine rings is 1. The maximum absolute atomic E-state index is 13.1. The number of hydrogen-bond donors (Lipinski definition) is 1. The summed E-state index contributed by atoms with van der Waals surface area (Å²) in [5.41, 5.74) is 1.34. The molecule has 1 amide bonds.